The molecule has 1 aliphatic heterocycles. The molecule has 0 atom stereocenters. The Balaban J connectivity index is 0.00000242. The molecule has 0 aromatic heterocycles. The predicted molar refractivity (Wildman–Crippen MR) is 95.3 cm³/mol. The third-order valence-electron chi connectivity index (χ3n) is 4.00. The van der Waals surface area contributed by atoms with Crippen LogP contribution in [0.2, 0.25) is 10.0 Å². The molecule has 0 unspecified atom stereocenters. The van der Waals surface area contributed by atoms with E-state index in [0.717, 1.165) is 25.1 Å². The van der Waals surface area contributed by atoms with Crippen LogP contribution in [-0.2, 0) is 11.2 Å². The van der Waals surface area contributed by atoms with E-state index >= 15 is 0 Å². The highest BCUT2D eigenvalue weighted by Gasteiger charge is 2.14. The van der Waals surface area contributed by atoms with Gasteiger partial charge in [0, 0.05) is 23.0 Å². The number of amides is 1. The molecule has 124 valence electrons. The van der Waals surface area contributed by atoms with Crippen molar-refractivity contribution in [1.82, 2.24) is 10.6 Å². The molecule has 1 aromatic rings. The van der Waals surface area contributed by atoms with Gasteiger partial charge in [-0.1, -0.05) is 29.3 Å². The number of carbonyl (C=O) groups is 1. The van der Waals surface area contributed by atoms with Gasteiger partial charge >= 0.3 is 0 Å². The molecular formula is C16H23Cl3N2O. The summed E-state index contributed by atoms with van der Waals surface area (Å²) in [6.07, 6.45) is 4.63. The van der Waals surface area contributed by atoms with E-state index in [9.17, 15) is 4.79 Å². The summed E-state index contributed by atoms with van der Waals surface area (Å²) in [6.45, 7) is 2.74. The summed E-state index contributed by atoms with van der Waals surface area (Å²) in [5.41, 5.74) is 0.902. The van der Waals surface area contributed by atoms with Crippen molar-refractivity contribution in [2.75, 3.05) is 19.6 Å². The number of benzene rings is 1. The summed E-state index contributed by atoms with van der Waals surface area (Å²) >= 11 is 12.2. The molecule has 0 spiro atoms. The van der Waals surface area contributed by atoms with Crippen molar-refractivity contribution >= 4 is 41.5 Å². The van der Waals surface area contributed by atoms with Gasteiger partial charge in [-0.05, 0) is 62.4 Å². The number of rotatable bonds is 6. The third-order valence-corrected chi connectivity index (χ3v) is 4.71. The van der Waals surface area contributed by atoms with Crippen molar-refractivity contribution in [2.45, 2.75) is 32.1 Å². The first-order valence-corrected chi connectivity index (χ1v) is 8.32. The molecule has 1 fully saturated rings. The largest absolute Gasteiger partial charge is 0.356 e. The van der Waals surface area contributed by atoms with Gasteiger partial charge in [0.25, 0.3) is 0 Å². The Labute approximate surface area is 148 Å². The smallest absolute Gasteiger partial charge is 0.220 e. The maximum atomic E-state index is 11.9. The Morgan fingerprint density at radius 2 is 1.86 bits per heavy atom. The van der Waals surface area contributed by atoms with Crippen molar-refractivity contribution in [1.29, 1.82) is 0 Å². The molecule has 0 bridgehead atoms. The molecule has 3 nitrogen and oxygen atoms in total. The molecule has 1 heterocycles. The molecule has 0 saturated carbocycles. The van der Waals surface area contributed by atoms with Crippen LogP contribution in [0.1, 0.15) is 31.2 Å². The minimum atomic E-state index is 0. The lowest BCUT2D eigenvalue weighted by molar-refractivity contribution is -0.121. The predicted octanol–water partition coefficient (Wildman–Crippen LogP) is 3.85. The Bertz CT molecular complexity index is 456. The number of piperidine rings is 1. The van der Waals surface area contributed by atoms with Gasteiger partial charge in [-0.25, -0.2) is 0 Å². The van der Waals surface area contributed by atoms with E-state index in [2.05, 4.69) is 10.6 Å². The van der Waals surface area contributed by atoms with Gasteiger partial charge in [-0.2, -0.15) is 0 Å². The van der Waals surface area contributed by atoms with Gasteiger partial charge < -0.3 is 10.6 Å². The van der Waals surface area contributed by atoms with Crippen LogP contribution < -0.4 is 10.6 Å². The summed E-state index contributed by atoms with van der Waals surface area (Å²) in [5.74, 6) is 0.812. The Morgan fingerprint density at radius 3 is 2.50 bits per heavy atom. The lowest BCUT2D eigenvalue weighted by Gasteiger charge is -2.22. The number of carbonyl (C=O) groups excluding carboxylic acids is 1. The van der Waals surface area contributed by atoms with Crippen LogP contribution in [0.4, 0.5) is 0 Å². The maximum absolute atomic E-state index is 11.9. The summed E-state index contributed by atoms with van der Waals surface area (Å²) in [6, 6.07) is 5.47. The molecule has 6 heteroatoms. The molecule has 2 rings (SSSR count). The molecule has 22 heavy (non-hydrogen) atoms. The van der Waals surface area contributed by atoms with Gasteiger partial charge in [-0.3, -0.25) is 4.79 Å². The van der Waals surface area contributed by atoms with E-state index in [-0.39, 0.29) is 18.3 Å². The summed E-state index contributed by atoms with van der Waals surface area (Å²) in [7, 11) is 0. The van der Waals surface area contributed by atoms with Crippen LogP contribution in [0, 0.1) is 5.92 Å². The van der Waals surface area contributed by atoms with Crippen LogP contribution in [0.3, 0.4) is 0 Å². The van der Waals surface area contributed by atoms with Crippen LogP contribution in [-0.4, -0.2) is 25.5 Å². The van der Waals surface area contributed by atoms with E-state index in [1.54, 1.807) is 0 Å². The van der Waals surface area contributed by atoms with Crippen LogP contribution in [0.15, 0.2) is 18.2 Å². The number of halogens is 3. The second kappa shape index (κ2) is 10.3. The van der Waals surface area contributed by atoms with Crippen molar-refractivity contribution < 1.29 is 4.79 Å². The first-order valence-electron chi connectivity index (χ1n) is 7.57. The molecule has 1 aliphatic rings. The first-order chi connectivity index (χ1) is 10.2. The fourth-order valence-electron chi connectivity index (χ4n) is 2.69. The average Bonchev–Trinajstić information content (AvgIpc) is 2.49. The molecule has 1 aromatic carbocycles. The Morgan fingerprint density at radius 1 is 1.23 bits per heavy atom. The Hall–Kier alpha value is -0.480. The van der Waals surface area contributed by atoms with Crippen LogP contribution >= 0.6 is 35.6 Å². The fraction of sp³-hybridized carbons (Fsp3) is 0.562. The molecule has 0 radical (unpaired) electrons. The van der Waals surface area contributed by atoms with E-state index in [4.69, 9.17) is 23.2 Å². The number of nitrogens with one attached hydrogen (secondary N) is 2. The van der Waals surface area contributed by atoms with Gasteiger partial charge in [0.1, 0.15) is 0 Å². The van der Waals surface area contributed by atoms with Crippen LogP contribution in [0.5, 0.6) is 0 Å². The second-order valence-corrected chi connectivity index (χ2v) is 6.35. The van der Waals surface area contributed by atoms with E-state index in [0.29, 0.717) is 35.3 Å². The fourth-order valence-corrected chi connectivity index (χ4v) is 3.28. The van der Waals surface area contributed by atoms with Gasteiger partial charge in [0.05, 0.1) is 0 Å². The zero-order chi connectivity index (χ0) is 15.1. The molecule has 1 amide bonds. The van der Waals surface area contributed by atoms with Gasteiger partial charge in [-0.15, -0.1) is 12.4 Å². The molecule has 0 aliphatic carbocycles. The van der Waals surface area contributed by atoms with Crippen molar-refractivity contribution in [3.63, 3.8) is 0 Å². The van der Waals surface area contributed by atoms with Crippen molar-refractivity contribution in [3.8, 4) is 0 Å². The molecule has 1 saturated heterocycles. The number of hydrogen-bond acceptors (Lipinski definition) is 2. The van der Waals surface area contributed by atoms with Crippen LogP contribution in [0.25, 0.3) is 0 Å². The SMILES string of the molecule is Cl.O=C(CCC1CCNCC1)NCCc1c(Cl)cccc1Cl. The monoisotopic (exact) mass is 364 g/mol. The zero-order valence-electron chi connectivity index (χ0n) is 12.5. The summed E-state index contributed by atoms with van der Waals surface area (Å²) < 4.78 is 0. The molecular weight excluding hydrogens is 343 g/mol. The Kier molecular flexibility index (Phi) is 9.18. The topological polar surface area (TPSA) is 41.1 Å². The highest BCUT2D eigenvalue weighted by molar-refractivity contribution is 6.35. The maximum Gasteiger partial charge on any atom is 0.220 e. The van der Waals surface area contributed by atoms with E-state index < -0.39 is 0 Å². The highest BCUT2D eigenvalue weighted by Crippen LogP contribution is 2.24. The van der Waals surface area contributed by atoms with Crippen molar-refractivity contribution in [3.05, 3.63) is 33.8 Å². The van der Waals surface area contributed by atoms with Gasteiger partial charge in [0.2, 0.25) is 5.91 Å². The normalized spacial score (nSPS) is 15.2. The van der Waals surface area contributed by atoms with E-state index in [1.807, 2.05) is 18.2 Å². The molecule has 2 N–H and O–H groups in total. The lowest BCUT2D eigenvalue weighted by Crippen LogP contribution is -2.30. The number of hydrogen-bond donors (Lipinski definition) is 2. The van der Waals surface area contributed by atoms with E-state index in [1.165, 1.54) is 12.8 Å². The average molecular weight is 366 g/mol. The summed E-state index contributed by atoms with van der Waals surface area (Å²) in [4.78, 5) is 11.9. The zero-order valence-corrected chi connectivity index (χ0v) is 14.9. The lowest BCUT2D eigenvalue weighted by atomic mass is 9.93. The second-order valence-electron chi connectivity index (χ2n) is 5.53. The minimum absolute atomic E-state index is 0. The van der Waals surface area contributed by atoms with Crippen molar-refractivity contribution in [2.24, 2.45) is 5.92 Å². The quantitative estimate of drug-likeness (QED) is 0.804. The van der Waals surface area contributed by atoms with Gasteiger partial charge in [0.15, 0.2) is 0 Å². The minimum Gasteiger partial charge on any atom is -0.356 e. The highest BCUT2D eigenvalue weighted by atomic mass is 35.5. The standard InChI is InChI=1S/C16H22Cl2N2O.ClH/c17-14-2-1-3-15(18)13(14)8-11-20-16(21)5-4-12-6-9-19-10-7-12;/h1-3,12,19H,4-11H2,(H,20,21);1H. The first kappa shape index (κ1) is 19.6. The third kappa shape index (κ3) is 6.33. The summed E-state index contributed by atoms with van der Waals surface area (Å²) in [5, 5.41) is 7.61.